The van der Waals surface area contributed by atoms with Crippen molar-refractivity contribution < 1.29 is 49.1 Å². The van der Waals surface area contributed by atoms with Gasteiger partial charge in [0.25, 0.3) is 12.9 Å². The van der Waals surface area contributed by atoms with E-state index in [1.807, 2.05) is 0 Å². The van der Waals surface area contributed by atoms with E-state index in [1.165, 1.54) is 32.1 Å². The number of hydrogen-bond donors (Lipinski definition) is 4. The fourth-order valence-corrected chi connectivity index (χ4v) is 19.4. The molecule has 64 heavy (non-hydrogen) atoms. The molecule has 0 heterocycles. The lowest BCUT2D eigenvalue weighted by Crippen LogP contribution is -2.62. The number of carbonyl (C=O) groups excluding carboxylic acids is 2. The first-order chi connectivity index (χ1) is 30.3. The van der Waals surface area contributed by atoms with Gasteiger partial charge in [-0.15, -0.1) is 0 Å². The molecule has 9 unspecified atom stereocenters. The monoisotopic (exact) mass is 897 g/mol. The molecular formula is C54H88O10. The normalized spacial score (nSPS) is 48.8. The molecule has 8 saturated carbocycles. The summed E-state index contributed by atoms with van der Waals surface area (Å²) in [5.41, 5.74) is 0.821. The number of carboxylic acid groups (broad SMARTS) is 2. The lowest BCUT2D eigenvalue weighted by Gasteiger charge is -2.65. The van der Waals surface area contributed by atoms with Gasteiger partial charge >= 0.3 is 11.9 Å². The minimum atomic E-state index is -0.707. The van der Waals surface area contributed by atoms with E-state index in [0.29, 0.717) is 89.9 Å². The van der Waals surface area contributed by atoms with Crippen LogP contribution in [0, 0.1) is 105 Å². The SMILES string of the molecule is CC[C@@H]1C2C[C@H](O)CCC2(C)[C@H]2CCC3(C)C([C@H](C)CCC(=O)O)CC[C@H]3[C@@H]2[C@@H]1O.CC[C@H]1C(OC=O)[C@@H]2[C@H](CCC3(C)C([C@H](C)CCC(=O)O)CC[C@@H]23)C2(C)CC[C@@H](OC=O)CC12. The zero-order valence-electron chi connectivity index (χ0n) is 40.9. The third kappa shape index (κ3) is 8.52. The van der Waals surface area contributed by atoms with Crippen LogP contribution in [0.25, 0.3) is 0 Å². The van der Waals surface area contributed by atoms with Crippen LogP contribution in [-0.2, 0) is 28.7 Å². The molecule has 0 spiro atoms. The molecule has 0 radical (unpaired) electrons. The number of hydrogen-bond acceptors (Lipinski definition) is 8. The Labute approximate surface area is 385 Å². The number of aliphatic hydroxyl groups excluding tert-OH is 2. The predicted molar refractivity (Wildman–Crippen MR) is 245 cm³/mol. The van der Waals surface area contributed by atoms with E-state index in [1.54, 1.807) is 0 Å². The minimum absolute atomic E-state index is 0.0298. The summed E-state index contributed by atoms with van der Waals surface area (Å²) in [6.45, 7) is 20.1. The highest BCUT2D eigenvalue weighted by Crippen LogP contribution is 2.72. The highest BCUT2D eigenvalue weighted by atomic mass is 16.5. The van der Waals surface area contributed by atoms with Crippen molar-refractivity contribution >= 4 is 24.9 Å². The Balaban J connectivity index is 0.000000193. The topological polar surface area (TPSA) is 168 Å². The van der Waals surface area contributed by atoms with Crippen LogP contribution in [0.2, 0.25) is 0 Å². The molecule has 4 N–H and O–H groups in total. The number of fused-ring (bicyclic) bond motifs is 10. The molecule has 10 heteroatoms. The van der Waals surface area contributed by atoms with Crippen molar-refractivity contribution in [3.63, 3.8) is 0 Å². The number of ether oxygens (including phenoxy) is 2. The Hall–Kier alpha value is -2.20. The molecule has 8 fully saturated rings. The van der Waals surface area contributed by atoms with E-state index in [2.05, 4.69) is 55.4 Å². The average Bonchev–Trinajstić information content (AvgIpc) is 3.80. The molecule has 364 valence electrons. The first-order valence-corrected chi connectivity index (χ1v) is 26.3. The molecule has 0 amide bonds. The maximum absolute atomic E-state index is 11.8. The van der Waals surface area contributed by atoms with Crippen LogP contribution < -0.4 is 0 Å². The van der Waals surface area contributed by atoms with Crippen molar-refractivity contribution in [3.8, 4) is 0 Å². The highest BCUT2D eigenvalue weighted by Gasteiger charge is 2.67. The van der Waals surface area contributed by atoms with E-state index in [4.69, 9.17) is 14.6 Å². The summed E-state index contributed by atoms with van der Waals surface area (Å²) in [5, 5.41) is 40.5. The van der Waals surface area contributed by atoms with Crippen molar-refractivity contribution in [2.75, 3.05) is 0 Å². The smallest absolute Gasteiger partial charge is 0.303 e. The summed E-state index contributed by atoms with van der Waals surface area (Å²) in [7, 11) is 0. The second-order valence-corrected chi connectivity index (χ2v) is 24.5. The molecular weight excluding hydrogens is 809 g/mol. The second kappa shape index (κ2) is 19.4. The quantitative estimate of drug-likeness (QED) is 0.123. The molecule has 0 aromatic rings. The van der Waals surface area contributed by atoms with Crippen molar-refractivity contribution in [2.24, 2.45) is 105 Å². The Morgan fingerprint density at radius 1 is 0.578 bits per heavy atom. The van der Waals surface area contributed by atoms with Crippen LogP contribution in [0.15, 0.2) is 0 Å². The highest BCUT2D eigenvalue weighted by molar-refractivity contribution is 5.66. The van der Waals surface area contributed by atoms with Gasteiger partial charge in [0.2, 0.25) is 0 Å². The molecule has 0 aromatic heterocycles. The molecule has 10 nitrogen and oxygen atoms in total. The van der Waals surface area contributed by atoms with E-state index in [9.17, 15) is 34.5 Å². The van der Waals surface area contributed by atoms with E-state index in [-0.39, 0.29) is 64.8 Å². The largest absolute Gasteiger partial charge is 0.481 e. The zero-order valence-corrected chi connectivity index (χ0v) is 40.9. The summed E-state index contributed by atoms with van der Waals surface area (Å²) in [6.07, 6.45) is 18.5. The van der Waals surface area contributed by atoms with Crippen LogP contribution >= 0.6 is 0 Å². The summed E-state index contributed by atoms with van der Waals surface area (Å²) in [5.74, 6) is 4.82. The van der Waals surface area contributed by atoms with Gasteiger partial charge in [-0.25, -0.2) is 0 Å². The van der Waals surface area contributed by atoms with Crippen molar-refractivity contribution in [2.45, 2.75) is 208 Å². The van der Waals surface area contributed by atoms with Crippen LogP contribution in [0.4, 0.5) is 0 Å². The third-order valence-corrected chi connectivity index (χ3v) is 22.3. The van der Waals surface area contributed by atoms with Crippen LogP contribution in [0.1, 0.15) is 184 Å². The second-order valence-electron chi connectivity index (χ2n) is 24.5. The Kier molecular flexibility index (Phi) is 15.1. The molecule has 0 bridgehead atoms. The lowest BCUT2D eigenvalue weighted by atomic mass is 9.41. The third-order valence-electron chi connectivity index (χ3n) is 22.3. The van der Waals surface area contributed by atoms with Gasteiger partial charge in [-0.2, -0.15) is 0 Å². The minimum Gasteiger partial charge on any atom is -0.481 e. The summed E-state index contributed by atoms with van der Waals surface area (Å²) >= 11 is 0. The Bertz CT molecular complexity index is 1650. The number of aliphatic hydroxyl groups is 2. The van der Waals surface area contributed by atoms with Crippen LogP contribution in [0.5, 0.6) is 0 Å². The number of rotatable bonds is 14. The number of carbonyl (C=O) groups is 4. The molecule has 0 aliphatic heterocycles. The molecule has 22 atom stereocenters. The van der Waals surface area contributed by atoms with Crippen molar-refractivity contribution in [1.29, 1.82) is 0 Å². The van der Waals surface area contributed by atoms with Gasteiger partial charge in [0, 0.05) is 18.8 Å². The van der Waals surface area contributed by atoms with Gasteiger partial charge < -0.3 is 29.9 Å². The standard InChI is InChI=1S/C28H44O6.C26H44O4/c1-5-19-23-14-18(33-15-29)10-12-28(23,4)22-11-13-27(3)20(17(2)6-9-24(31)32)7-8-21(27)25(22)26(19)34-16-30;1-5-17-21-14-16(27)10-12-26(21,4)20-11-13-25(3)18(15(2)6-9-22(28)29)7-8-19(25)23(20)24(17)30/h15-23,25-26H,5-14H2,1-4H3,(H,31,32);15-21,23-24,27,30H,5-14H2,1-4H3,(H,28,29)/t17-,18-,19-,20?,21+,22+,23?,25+,26?,27?,28?;15-,16-,17-,18?,19+,20+,21?,23+,24-,25?,26?/m11/s1. The van der Waals surface area contributed by atoms with Gasteiger partial charge in [-0.05, 0) is 208 Å². The Morgan fingerprint density at radius 2 is 1.03 bits per heavy atom. The number of aliphatic carboxylic acids is 2. The van der Waals surface area contributed by atoms with Crippen molar-refractivity contribution in [1.82, 2.24) is 0 Å². The zero-order chi connectivity index (χ0) is 46.5. The maximum Gasteiger partial charge on any atom is 0.303 e. The van der Waals surface area contributed by atoms with Crippen molar-refractivity contribution in [3.05, 3.63) is 0 Å². The molecule has 0 aromatic carbocycles. The van der Waals surface area contributed by atoms with E-state index >= 15 is 0 Å². The van der Waals surface area contributed by atoms with Gasteiger partial charge in [0.05, 0.1) is 12.2 Å². The first-order valence-electron chi connectivity index (χ1n) is 26.3. The van der Waals surface area contributed by atoms with Gasteiger partial charge in [-0.1, -0.05) is 61.8 Å². The summed E-state index contributed by atoms with van der Waals surface area (Å²) in [4.78, 5) is 45.2. The maximum atomic E-state index is 11.8. The Morgan fingerprint density at radius 3 is 1.53 bits per heavy atom. The first kappa shape index (κ1) is 49.7. The molecule has 8 aliphatic rings. The van der Waals surface area contributed by atoms with E-state index < -0.39 is 11.9 Å². The lowest BCUT2D eigenvalue weighted by molar-refractivity contribution is -0.213. The van der Waals surface area contributed by atoms with E-state index in [0.717, 1.165) is 83.5 Å². The molecule has 8 aliphatic carbocycles. The van der Waals surface area contributed by atoms with Gasteiger partial charge in [0.1, 0.15) is 12.2 Å². The fourth-order valence-electron chi connectivity index (χ4n) is 19.4. The fraction of sp³-hybridized carbons (Fsp3) is 0.926. The van der Waals surface area contributed by atoms with Gasteiger partial charge in [-0.3, -0.25) is 19.2 Å². The van der Waals surface area contributed by atoms with Crippen LogP contribution in [0.3, 0.4) is 0 Å². The van der Waals surface area contributed by atoms with Crippen LogP contribution in [-0.4, -0.2) is 69.7 Å². The predicted octanol–water partition coefficient (Wildman–Crippen LogP) is 10.6. The molecule has 0 saturated heterocycles. The molecule has 8 rings (SSSR count). The van der Waals surface area contributed by atoms with Gasteiger partial charge in [0.15, 0.2) is 0 Å². The number of carboxylic acids is 2. The average molecular weight is 897 g/mol. The summed E-state index contributed by atoms with van der Waals surface area (Å²) in [6, 6.07) is 0. The summed E-state index contributed by atoms with van der Waals surface area (Å²) < 4.78 is 11.4.